The van der Waals surface area contributed by atoms with E-state index in [4.69, 9.17) is 9.47 Å². The third kappa shape index (κ3) is 4.56. The predicted molar refractivity (Wildman–Crippen MR) is 131 cm³/mol. The fourth-order valence-electron chi connectivity index (χ4n) is 4.06. The number of ether oxygens (including phenoxy) is 2. The van der Waals surface area contributed by atoms with Crippen LogP contribution in [0.15, 0.2) is 90.2 Å². The molecule has 0 aliphatic carbocycles. The van der Waals surface area contributed by atoms with E-state index >= 15 is 0 Å². The van der Waals surface area contributed by atoms with Crippen molar-refractivity contribution in [3.05, 3.63) is 107 Å². The van der Waals surface area contributed by atoms with E-state index in [-0.39, 0.29) is 16.8 Å². The van der Waals surface area contributed by atoms with Gasteiger partial charge in [0.2, 0.25) is 5.91 Å². The van der Waals surface area contributed by atoms with Gasteiger partial charge in [-0.1, -0.05) is 48.5 Å². The molecule has 3 aromatic carbocycles. The lowest BCUT2D eigenvalue weighted by Crippen LogP contribution is -2.32. The lowest BCUT2D eigenvalue weighted by atomic mass is 9.94. The van der Waals surface area contributed by atoms with Crippen molar-refractivity contribution in [2.45, 2.75) is 6.04 Å². The van der Waals surface area contributed by atoms with E-state index in [0.29, 0.717) is 17.1 Å². The Morgan fingerprint density at radius 3 is 2.33 bits per heavy atom. The number of allylic oxidation sites excluding steroid dienone is 1. The van der Waals surface area contributed by atoms with Gasteiger partial charge in [0.05, 0.1) is 25.8 Å². The van der Waals surface area contributed by atoms with E-state index in [9.17, 15) is 24.6 Å². The van der Waals surface area contributed by atoms with Gasteiger partial charge in [0, 0.05) is 11.3 Å². The zero-order valence-corrected chi connectivity index (χ0v) is 19.5. The molecule has 8 nitrogen and oxygen atoms in total. The third-order valence-electron chi connectivity index (χ3n) is 5.78. The van der Waals surface area contributed by atoms with E-state index in [1.165, 1.54) is 44.6 Å². The Kier molecular flexibility index (Phi) is 6.87. The summed E-state index contributed by atoms with van der Waals surface area (Å²) < 4.78 is 10.7. The SMILES string of the molecule is COc1ccc([C@H]2C(C(=O)/C=C/c3ccccc3)=C([O-])C(=O)N2c2cccc(C(=O)O)c2)cc1OC. The topological polar surface area (TPSA) is 116 Å². The van der Waals surface area contributed by atoms with Crippen LogP contribution in [0.25, 0.3) is 6.08 Å². The second-order valence-electron chi connectivity index (χ2n) is 7.90. The summed E-state index contributed by atoms with van der Waals surface area (Å²) in [6.45, 7) is 0. The molecule has 3 aromatic rings. The van der Waals surface area contributed by atoms with Gasteiger partial charge in [-0.25, -0.2) is 4.79 Å². The minimum atomic E-state index is -1.19. The Morgan fingerprint density at radius 2 is 1.67 bits per heavy atom. The first-order valence-electron chi connectivity index (χ1n) is 10.9. The molecule has 0 saturated carbocycles. The number of methoxy groups -OCH3 is 2. The number of anilines is 1. The number of amides is 1. The lowest BCUT2D eigenvalue weighted by Gasteiger charge is -2.28. The zero-order chi connectivity index (χ0) is 25.8. The second kappa shape index (κ2) is 10.2. The molecule has 4 rings (SSSR count). The molecule has 0 fully saturated rings. The third-order valence-corrected chi connectivity index (χ3v) is 5.78. The Morgan fingerprint density at radius 1 is 0.944 bits per heavy atom. The van der Waals surface area contributed by atoms with Gasteiger partial charge in [0.15, 0.2) is 17.3 Å². The molecule has 0 radical (unpaired) electrons. The first-order chi connectivity index (χ1) is 17.3. The van der Waals surface area contributed by atoms with E-state index in [1.54, 1.807) is 36.4 Å². The molecule has 1 N–H and O–H groups in total. The van der Waals surface area contributed by atoms with Crippen LogP contribution in [0.2, 0.25) is 0 Å². The Hall–Kier alpha value is -4.85. The van der Waals surface area contributed by atoms with Gasteiger partial charge in [0.25, 0.3) is 0 Å². The number of nitrogens with zero attached hydrogens (tertiary/aromatic N) is 1. The summed E-state index contributed by atoms with van der Waals surface area (Å²) in [4.78, 5) is 39.2. The Labute approximate surface area is 207 Å². The highest BCUT2D eigenvalue weighted by Gasteiger charge is 2.40. The van der Waals surface area contributed by atoms with Crippen LogP contribution < -0.4 is 19.5 Å². The van der Waals surface area contributed by atoms with Crippen molar-refractivity contribution in [2.24, 2.45) is 0 Å². The summed E-state index contributed by atoms with van der Waals surface area (Å²) in [5, 5.41) is 22.6. The number of carbonyl (C=O) groups excluding carboxylic acids is 2. The van der Waals surface area contributed by atoms with E-state index in [1.807, 2.05) is 18.2 Å². The molecule has 1 heterocycles. The summed E-state index contributed by atoms with van der Waals surface area (Å²) in [6, 6.07) is 18.4. The smallest absolute Gasteiger partial charge is 0.335 e. The predicted octanol–water partition coefficient (Wildman–Crippen LogP) is 3.39. The van der Waals surface area contributed by atoms with Gasteiger partial charge in [-0.2, -0.15) is 0 Å². The molecule has 8 heteroatoms. The van der Waals surface area contributed by atoms with Gasteiger partial charge in [-0.3, -0.25) is 14.5 Å². The van der Waals surface area contributed by atoms with Crippen LogP contribution in [0.4, 0.5) is 5.69 Å². The zero-order valence-electron chi connectivity index (χ0n) is 19.5. The van der Waals surface area contributed by atoms with E-state index in [0.717, 1.165) is 10.5 Å². The monoisotopic (exact) mass is 484 g/mol. The quantitative estimate of drug-likeness (QED) is 0.487. The number of rotatable bonds is 8. The number of aromatic carboxylic acids is 1. The minimum absolute atomic E-state index is 0.0671. The maximum absolute atomic E-state index is 13.3. The first kappa shape index (κ1) is 24.3. The molecule has 1 aliphatic rings. The summed E-state index contributed by atoms with van der Waals surface area (Å²) >= 11 is 0. The summed E-state index contributed by atoms with van der Waals surface area (Å²) in [5.41, 5.74) is 1.02. The van der Waals surface area contributed by atoms with Crippen molar-refractivity contribution in [1.82, 2.24) is 0 Å². The average Bonchev–Trinajstić information content (AvgIpc) is 3.17. The fourth-order valence-corrected chi connectivity index (χ4v) is 4.06. The standard InChI is InChI=1S/C28H23NO7/c1-35-22-14-12-18(16-23(22)36-2)25-24(21(30)13-11-17-7-4-3-5-8-17)26(31)27(32)29(25)20-10-6-9-19(15-20)28(33)34/h3-16,25,31H,1-2H3,(H,33,34)/p-1/b13-11+/t25-/m0/s1. The molecule has 0 aromatic heterocycles. The summed E-state index contributed by atoms with van der Waals surface area (Å²) in [5.74, 6) is -2.95. The van der Waals surface area contributed by atoms with E-state index in [2.05, 4.69) is 0 Å². The second-order valence-corrected chi connectivity index (χ2v) is 7.90. The molecule has 0 unspecified atom stereocenters. The first-order valence-corrected chi connectivity index (χ1v) is 10.9. The normalized spacial score (nSPS) is 15.4. The van der Waals surface area contributed by atoms with Gasteiger partial charge >= 0.3 is 5.97 Å². The van der Waals surface area contributed by atoms with E-state index < -0.39 is 29.5 Å². The van der Waals surface area contributed by atoms with Crippen molar-refractivity contribution >= 4 is 29.4 Å². The minimum Gasteiger partial charge on any atom is -0.868 e. The van der Waals surface area contributed by atoms with Crippen molar-refractivity contribution in [2.75, 3.05) is 19.1 Å². The van der Waals surface area contributed by atoms with Gasteiger partial charge < -0.3 is 19.7 Å². The van der Waals surface area contributed by atoms with Crippen LogP contribution in [0, 0.1) is 0 Å². The Bertz CT molecular complexity index is 1390. The van der Waals surface area contributed by atoms with Crippen molar-refractivity contribution in [3.63, 3.8) is 0 Å². The highest BCUT2D eigenvalue weighted by atomic mass is 16.5. The van der Waals surface area contributed by atoms with Gasteiger partial charge in [-0.15, -0.1) is 0 Å². The number of hydrogen-bond donors (Lipinski definition) is 1. The summed E-state index contributed by atoms with van der Waals surface area (Å²) in [6.07, 6.45) is 2.81. The Balaban J connectivity index is 1.85. The van der Waals surface area contributed by atoms with Crippen molar-refractivity contribution in [1.29, 1.82) is 0 Å². The molecule has 182 valence electrons. The molecular formula is C28H22NO7-. The average molecular weight is 484 g/mol. The number of carboxylic acids is 1. The van der Waals surface area contributed by atoms with Crippen LogP contribution in [-0.2, 0) is 9.59 Å². The molecular weight excluding hydrogens is 462 g/mol. The molecule has 0 spiro atoms. The van der Waals surface area contributed by atoms with Gasteiger partial charge in [0.1, 0.15) is 0 Å². The molecule has 0 saturated heterocycles. The van der Waals surface area contributed by atoms with Crippen LogP contribution in [0.1, 0.15) is 27.5 Å². The highest BCUT2D eigenvalue weighted by molar-refractivity contribution is 6.19. The van der Waals surface area contributed by atoms with Crippen molar-refractivity contribution < 1.29 is 34.1 Å². The number of carboxylic acid groups (broad SMARTS) is 1. The maximum Gasteiger partial charge on any atom is 0.335 e. The van der Waals surface area contributed by atoms with Crippen LogP contribution >= 0.6 is 0 Å². The van der Waals surface area contributed by atoms with Crippen molar-refractivity contribution in [3.8, 4) is 11.5 Å². The highest BCUT2D eigenvalue weighted by Crippen LogP contribution is 2.42. The lowest BCUT2D eigenvalue weighted by molar-refractivity contribution is -0.298. The molecule has 1 atom stereocenters. The van der Waals surface area contributed by atoms with Crippen LogP contribution in [-0.4, -0.2) is 37.0 Å². The number of ketones is 1. The largest absolute Gasteiger partial charge is 0.868 e. The number of carbonyl (C=O) groups is 3. The van der Waals surface area contributed by atoms with Crippen LogP contribution in [0.3, 0.4) is 0 Å². The van der Waals surface area contributed by atoms with Gasteiger partial charge in [-0.05, 0) is 53.3 Å². The summed E-state index contributed by atoms with van der Waals surface area (Å²) in [7, 11) is 2.92. The number of benzene rings is 3. The number of hydrogen-bond acceptors (Lipinski definition) is 6. The van der Waals surface area contributed by atoms with Crippen LogP contribution in [0.5, 0.6) is 11.5 Å². The molecule has 36 heavy (non-hydrogen) atoms. The molecule has 1 aliphatic heterocycles. The molecule has 0 bridgehead atoms. The maximum atomic E-state index is 13.3. The molecule has 1 amide bonds. The fraction of sp³-hybridized carbons (Fsp3) is 0.107.